The summed E-state index contributed by atoms with van der Waals surface area (Å²) in [6.07, 6.45) is -0.166. The van der Waals surface area contributed by atoms with Gasteiger partial charge in [-0.3, -0.25) is 9.78 Å². The first-order valence-corrected chi connectivity index (χ1v) is 11.2. The molecule has 1 aromatic heterocycles. The van der Waals surface area contributed by atoms with Crippen LogP contribution in [0.3, 0.4) is 0 Å². The number of aryl methyl sites for hydroxylation is 1. The molecule has 2 aromatic rings. The largest absolute Gasteiger partial charge is 0.406 e. The Kier molecular flexibility index (Phi) is 5.97. The summed E-state index contributed by atoms with van der Waals surface area (Å²) in [4.78, 5) is 18.1. The molecule has 0 aliphatic heterocycles. The molecule has 3 rings (SSSR count). The van der Waals surface area contributed by atoms with E-state index in [0.717, 1.165) is 16.7 Å². The third-order valence-electron chi connectivity index (χ3n) is 4.78. The van der Waals surface area contributed by atoms with Gasteiger partial charge in [0.2, 0.25) is 0 Å². The smallest absolute Gasteiger partial charge is 0.321 e. The van der Waals surface area contributed by atoms with Gasteiger partial charge in [0.05, 0.1) is 17.5 Å². The zero-order valence-corrected chi connectivity index (χ0v) is 16.6. The Morgan fingerprint density at radius 3 is 2.52 bits per heavy atom. The van der Waals surface area contributed by atoms with Gasteiger partial charge in [-0.05, 0) is 48.6 Å². The maximum atomic E-state index is 13.3. The summed E-state index contributed by atoms with van der Waals surface area (Å²) in [5.74, 6) is -0.954. The first kappa shape index (κ1) is 21.3. The Balaban J connectivity index is 1.93. The zero-order valence-electron chi connectivity index (χ0n) is 15.8. The minimum absolute atomic E-state index is 0.0783. The summed E-state index contributed by atoms with van der Waals surface area (Å²) < 4.78 is 62.6. The maximum absolute atomic E-state index is 13.3. The molecule has 1 aromatic carbocycles. The standard InChI is InChI=1S/C20H21F3N2O3S/c1-29(27,28)12-14-7-9-16(10-8-14)19(26)25(13-20(21,22)23)17-6-2-4-15-5-3-11-24-18(15)17/h3,5,7-11,17H,2,4,6,12-13H2,1H3/t17-/m0/s1. The molecule has 9 heteroatoms. The number of pyridine rings is 1. The number of carbonyl (C=O) groups excluding carboxylic acids is 1. The number of hydrogen-bond donors (Lipinski definition) is 0. The van der Waals surface area contributed by atoms with E-state index >= 15 is 0 Å². The van der Waals surface area contributed by atoms with Gasteiger partial charge in [-0.2, -0.15) is 13.2 Å². The molecule has 5 nitrogen and oxygen atoms in total. The van der Waals surface area contributed by atoms with Crippen molar-refractivity contribution in [1.29, 1.82) is 0 Å². The predicted molar refractivity (Wildman–Crippen MR) is 102 cm³/mol. The van der Waals surface area contributed by atoms with Gasteiger partial charge in [-0.25, -0.2) is 8.42 Å². The lowest BCUT2D eigenvalue weighted by molar-refractivity contribution is -0.145. The van der Waals surface area contributed by atoms with Gasteiger partial charge in [0.15, 0.2) is 9.84 Å². The van der Waals surface area contributed by atoms with Gasteiger partial charge < -0.3 is 4.90 Å². The summed E-state index contributed by atoms with van der Waals surface area (Å²) in [5, 5.41) is 0. The summed E-state index contributed by atoms with van der Waals surface area (Å²) in [5.41, 5.74) is 1.91. The van der Waals surface area contributed by atoms with Crippen molar-refractivity contribution in [3.05, 3.63) is 65.0 Å². The molecule has 0 bridgehead atoms. The lowest BCUT2D eigenvalue weighted by Gasteiger charge is -2.35. The Morgan fingerprint density at radius 1 is 1.21 bits per heavy atom. The van der Waals surface area contributed by atoms with Gasteiger partial charge >= 0.3 is 6.18 Å². The Bertz CT molecular complexity index is 989. The van der Waals surface area contributed by atoms with Gasteiger partial charge in [-0.15, -0.1) is 0 Å². The molecule has 1 heterocycles. The SMILES string of the molecule is CS(=O)(=O)Cc1ccc(C(=O)N(CC(F)(F)F)[C@H]2CCCc3cccnc32)cc1. The average Bonchev–Trinajstić information content (AvgIpc) is 2.64. The zero-order chi connectivity index (χ0) is 21.2. The van der Waals surface area contributed by atoms with Crippen LogP contribution in [0.1, 0.15) is 46.1 Å². The number of benzene rings is 1. The van der Waals surface area contributed by atoms with E-state index in [0.29, 0.717) is 30.5 Å². The van der Waals surface area contributed by atoms with Gasteiger partial charge in [-0.1, -0.05) is 18.2 Å². The third-order valence-corrected chi connectivity index (χ3v) is 5.64. The van der Waals surface area contributed by atoms with Crippen molar-refractivity contribution in [3.63, 3.8) is 0 Å². The molecular weight excluding hydrogens is 405 g/mol. The molecule has 0 saturated carbocycles. The molecular formula is C20H21F3N2O3S. The minimum Gasteiger partial charge on any atom is -0.321 e. The molecule has 0 radical (unpaired) electrons. The molecule has 0 unspecified atom stereocenters. The average molecular weight is 426 g/mol. The Hall–Kier alpha value is -2.42. The fraction of sp³-hybridized carbons (Fsp3) is 0.400. The van der Waals surface area contributed by atoms with Crippen LogP contribution in [0.2, 0.25) is 0 Å². The second-order valence-corrected chi connectivity index (χ2v) is 9.41. The highest BCUT2D eigenvalue weighted by Crippen LogP contribution is 2.35. The van der Waals surface area contributed by atoms with Crippen LogP contribution < -0.4 is 0 Å². The molecule has 0 spiro atoms. The molecule has 1 aliphatic rings. The number of sulfone groups is 1. The molecule has 0 saturated heterocycles. The van der Waals surface area contributed by atoms with Crippen molar-refractivity contribution in [2.45, 2.75) is 37.2 Å². The normalized spacial score (nSPS) is 16.9. The van der Waals surface area contributed by atoms with Crippen LogP contribution in [-0.4, -0.2) is 43.2 Å². The number of nitrogens with zero attached hydrogens (tertiary/aromatic N) is 2. The fourth-order valence-corrected chi connectivity index (χ4v) is 4.42. The van der Waals surface area contributed by atoms with E-state index in [9.17, 15) is 26.4 Å². The van der Waals surface area contributed by atoms with Gasteiger partial charge in [0.25, 0.3) is 5.91 Å². The molecule has 156 valence electrons. The lowest BCUT2D eigenvalue weighted by Crippen LogP contribution is -2.43. The predicted octanol–water partition coefficient (Wildman–Crippen LogP) is 3.71. The number of halogens is 3. The number of fused-ring (bicyclic) bond motifs is 1. The highest BCUT2D eigenvalue weighted by Gasteiger charge is 2.39. The van der Waals surface area contributed by atoms with Crippen LogP contribution in [-0.2, 0) is 22.0 Å². The van der Waals surface area contributed by atoms with Crippen LogP contribution in [0.4, 0.5) is 13.2 Å². The fourth-order valence-electron chi connectivity index (χ4n) is 3.62. The second kappa shape index (κ2) is 8.14. The van der Waals surface area contributed by atoms with Crippen LogP contribution >= 0.6 is 0 Å². The van der Waals surface area contributed by atoms with Crippen molar-refractivity contribution < 1.29 is 26.4 Å². The van der Waals surface area contributed by atoms with E-state index in [1.54, 1.807) is 6.07 Å². The number of hydrogen-bond acceptors (Lipinski definition) is 4. The summed E-state index contributed by atoms with van der Waals surface area (Å²) in [6, 6.07) is 8.44. The first-order valence-electron chi connectivity index (χ1n) is 9.12. The quantitative estimate of drug-likeness (QED) is 0.731. The second-order valence-electron chi connectivity index (χ2n) is 7.27. The van der Waals surface area contributed by atoms with E-state index in [-0.39, 0.29) is 11.3 Å². The highest BCUT2D eigenvalue weighted by atomic mass is 32.2. The van der Waals surface area contributed by atoms with Crippen molar-refractivity contribution in [2.24, 2.45) is 0 Å². The van der Waals surface area contributed by atoms with E-state index in [4.69, 9.17) is 0 Å². The molecule has 1 atom stereocenters. The topological polar surface area (TPSA) is 67.3 Å². The molecule has 1 amide bonds. The first-order chi connectivity index (χ1) is 13.5. The van der Waals surface area contributed by atoms with E-state index < -0.39 is 34.5 Å². The van der Waals surface area contributed by atoms with Crippen LogP contribution in [0.15, 0.2) is 42.6 Å². The van der Waals surface area contributed by atoms with Gasteiger partial charge in [0, 0.05) is 18.0 Å². The highest BCUT2D eigenvalue weighted by molar-refractivity contribution is 7.89. The number of carbonyl (C=O) groups is 1. The molecule has 0 N–H and O–H groups in total. The van der Waals surface area contributed by atoms with E-state index in [1.165, 1.54) is 30.5 Å². The van der Waals surface area contributed by atoms with Crippen molar-refractivity contribution >= 4 is 15.7 Å². The van der Waals surface area contributed by atoms with Gasteiger partial charge in [0.1, 0.15) is 6.54 Å². The van der Waals surface area contributed by atoms with Crippen LogP contribution in [0.5, 0.6) is 0 Å². The molecule has 0 fully saturated rings. The van der Waals surface area contributed by atoms with Crippen LogP contribution in [0, 0.1) is 0 Å². The Morgan fingerprint density at radius 2 is 1.90 bits per heavy atom. The summed E-state index contributed by atoms with van der Waals surface area (Å²) in [7, 11) is -3.25. The van der Waals surface area contributed by atoms with Crippen molar-refractivity contribution in [1.82, 2.24) is 9.88 Å². The van der Waals surface area contributed by atoms with Crippen molar-refractivity contribution in [3.8, 4) is 0 Å². The number of alkyl halides is 3. The monoisotopic (exact) mass is 426 g/mol. The summed E-state index contributed by atoms with van der Waals surface area (Å²) in [6.45, 7) is -1.38. The third kappa shape index (κ3) is 5.56. The van der Waals surface area contributed by atoms with Crippen LogP contribution in [0.25, 0.3) is 0 Å². The molecule has 1 aliphatic carbocycles. The number of amides is 1. The minimum atomic E-state index is -4.56. The van der Waals surface area contributed by atoms with E-state index in [1.807, 2.05) is 6.07 Å². The lowest BCUT2D eigenvalue weighted by atomic mass is 9.90. The van der Waals surface area contributed by atoms with Crippen molar-refractivity contribution in [2.75, 3.05) is 12.8 Å². The summed E-state index contributed by atoms with van der Waals surface area (Å²) >= 11 is 0. The number of rotatable bonds is 5. The molecule has 29 heavy (non-hydrogen) atoms. The maximum Gasteiger partial charge on any atom is 0.406 e. The van der Waals surface area contributed by atoms with E-state index in [2.05, 4.69) is 4.98 Å². The Labute approximate surface area is 167 Å². The number of aromatic nitrogens is 1.